The summed E-state index contributed by atoms with van der Waals surface area (Å²) in [6.07, 6.45) is 2.57. The van der Waals surface area contributed by atoms with Crippen LogP contribution in [0, 0.1) is 0 Å². The first-order valence-electron chi connectivity index (χ1n) is 5.94. The molecule has 0 N–H and O–H groups in total. The molecule has 1 saturated heterocycles. The van der Waals surface area contributed by atoms with Crippen molar-refractivity contribution in [2.75, 3.05) is 11.9 Å². The van der Waals surface area contributed by atoms with Gasteiger partial charge in [-0.2, -0.15) is 0 Å². The molecule has 0 aliphatic carbocycles. The van der Waals surface area contributed by atoms with E-state index in [-0.39, 0.29) is 11.9 Å². The zero-order valence-corrected chi connectivity index (χ0v) is 12.9. The first kappa shape index (κ1) is 14.2. The number of halogens is 3. The number of carbonyl (C=O) groups is 1. The van der Waals surface area contributed by atoms with E-state index in [9.17, 15) is 4.79 Å². The summed E-state index contributed by atoms with van der Waals surface area (Å²) in [4.78, 5) is 14.0. The first-order chi connectivity index (χ1) is 8.63. The molecule has 2 nitrogen and oxygen atoms in total. The van der Waals surface area contributed by atoms with Crippen LogP contribution < -0.4 is 0 Å². The molecular weight excluding hydrogens is 337 g/mol. The second kappa shape index (κ2) is 6.27. The minimum absolute atomic E-state index is 0.145. The molecule has 5 heteroatoms. The van der Waals surface area contributed by atoms with Crippen molar-refractivity contribution >= 4 is 45.0 Å². The van der Waals surface area contributed by atoms with E-state index in [0.717, 1.165) is 24.9 Å². The summed E-state index contributed by atoms with van der Waals surface area (Å²) >= 11 is 15.3. The number of likely N-dealkylation sites (tertiary alicyclic amines) is 1. The topological polar surface area (TPSA) is 20.3 Å². The van der Waals surface area contributed by atoms with E-state index in [1.807, 2.05) is 17.0 Å². The fourth-order valence-corrected chi connectivity index (χ4v) is 3.00. The summed E-state index contributed by atoms with van der Waals surface area (Å²) in [5, 5.41) is 1.81. The van der Waals surface area contributed by atoms with Gasteiger partial charge in [-0.3, -0.25) is 4.79 Å². The number of carbonyl (C=O) groups excluding carboxylic acids is 1. The first-order valence-corrected chi connectivity index (χ1v) is 7.81. The van der Waals surface area contributed by atoms with Crippen LogP contribution in [-0.2, 0) is 4.79 Å². The number of benzene rings is 1. The molecule has 1 unspecified atom stereocenters. The van der Waals surface area contributed by atoms with Crippen LogP contribution in [0.15, 0.2) is 18.2 Å². The lowest BCUT2D eigenvalue weighted by molar-refractivity contribution is -0.131. The zero-order valence-electron chi connectivity index (χ0n) is 9.83. The second-order valence-corrected chi connectivity index (χ2v) is 5.97. The molecule has 1 atom stereocenters. The van der Waals surface area contributed by atoms with E-state index >= 15 is 0 Å². The highest BCUT2D eigenvalue weighted by Gasteiger charge is 2.29. The molecular formula is C13H14BrCl2NO. The van der Waals surface area contributed by atoms with Crippen molar-refractivity contribution in [2.24, 2.45) is 0 Å². The van der Waals surface area contributed by atoms with Crippen molar-refractivity contribution in [3.8, 4) is 0 Å². The van der Waals surface area contributed by atoms with Gasteiger partial charge in [-0.05, 0) is 30.5 Å². The van der Waals surface area contributed by atoms with E-state index in [1.54, 1.807) is 6.07 Å². The van der Waals surface area contributed by atoms with Gasteiger partial charge in [0.25, 0.3) is 0 Å². The lowest BCUT2D eigenvalue weighted by Gasteiger charge is -2.25. The Labute approximate surface area is 125 Å². The van der Waals surface area contributed by atoms with Gasteiger partial charge in [-0.15, -0.1) is 0 Å². The minimum Gasteiger partial charge on any atom is -0.336 e. The van der Waals surface area contributed by atoms with Crippen LogP contribution >= 0.6 is 39.1 Å². The van der Waals surface area contributed by atoms with Gasteiger partial charge >= 0.3 is 0 Å². The molecule has 0 spiro atoms. The molecule has 98 valence electrons. The van der Waals surface area contributed by atoms with E-state index in [0.29, 0.717) is 21.8 Å². The number of hydrogen-bond acceptors (Lipinski definition) is 1. The number of nitrogens with zero attached hydrogens (tertiary/aromatic N) is 1. The third kappa shape index (κ3) is 3.01. The molecule has 1 amide bonds. The Hall–Kier alpha value is -0.250. The maximum atomic E-state index is 12.0. The molecule has 1 aliphatic heterocycles. The maximum Gasteiger partial charge on any atom is 0.223 e. The molecule has 2 rings (SSSR count). The summed E-state index contributed by atoms with van der Waals surface area (Å²) in [6.45, 7) is 0.830. The van der Waals surface area contributed by atoms with Gasteiger partial charge in [0, 0.05) is 18.3 Å². The summed E-state index contributed by atoms with van der Waals surface area (Å²) in [6, 6.07) is 5.77. The fraction of sp³-hybridized carbons (Fsp3) is 0.462. The predicted octanol–water partition coefficient (Wildman–Crippen LogP) is 4.44. The second-order valence-electron chi connectivity index (χ2n) is 4.36. The van der Waals surface area contributed by atoms with Crippen LogP contribution in [-0.4, -0.2) is 22.7 Å². The molecule has 0 aromatic heterocycles. The molecule has 1 fully saturated rings. The normalized spacial score (nSPS) is 19.3. The molecule has 1 aromatic carbocycles. The van der Waals surface area contributed by atoms with Gasteiger partial charge in [0.1, 0.15) is 0 Å². The Balaban J connectivity index is 2.20. The summed E-state index contributed by atoms with van der Waals surface area (Å²) in [5.74, 6) is 0.195. The smallest absolute Gasteiger partial charge is 0.223 e. The van der Waals surface area contributed by atoms with Gasteiger partial charge in [0.2, 0.25) is 5.91 Å². The van der Waals surface area contributed by atoms with Gasteiger partial charge in [-0.1, -0.05) is 45.2 Å². The molecule has 1 aliphatic rings. The molecule has 1 heterocycles. The summed E-state index contributed by atoms with van der Waals surface area (Å²) < 4.78 is 0. The highest BCUT2D eigenvalue weighted by atomic mass is 79.9. The standard InChI is InChI=1S/C13H14BrCl2NO/c14-6-5-13(18)17-7-1-2-12(17)9-3-4-10(15)11(16)8-9/h3-4,8,12H,1-2,5-7H2. The lowest BCUT2D eigenvalue weighted by Crippen LogP contribution is -2.30. The zero-order chi connectivity index (χ0) is 13.1. The number of alkyl halides is 1. The summed E-state index contributed by atoms with van der Waals surface area (Å²) in [5.41, 5.74) is 1.07. The van der Waals surface area contributed by atoms with Crippen molar-refractivity contribution in [1.82, 2.24) is 4.90 Å². The SMILES string of the molecule is O=C(CCBr)N1CCCC1c1ccc(Cl)c(Cl)c1. The minimum atomic E-state index is 0.145. The molecule has 0 saturated carbocycles. The average molecular weight is 351 g/mol. The van der Waals surface area contributed by atoms with Gasteiger partial charge in [-0.25, -0.2) is 0 Å². The van der Waals surface area contributed by atoms with Crippen molar-refractivity contribution < 1.29 is 4.79 Å². The van der Waals surface area contributed by atoms with Crippen LogP contribution in [0.2, 0.25) is 10.0 Å². The largest absolute Gasteiger partial charge is 0.336 e. The maximum absolute atomic E-state index is 12.0. The number of rotatable bonds is 3. The third-order valence-corrected chi connectivity index (χ3v) is 4.35. The van der Waals surface area contributed by atoms with E-state index in [4.69, 9.17) is 23.2 Å². The molecule has 0 bridgehead atoms. The Morgan fingerprint density at radius 1 is 1.39 bits per heavy atom. The van der Waals surface area contributed by atoms with E-state index in [1.165, 1.54) is 0 Å². The highest BCUT2D eigenvalue weighted by Crippen LogP contribution is 2.35. The van der Waals surface area contributed by atoms with Crippen molar-refractivity contribution in [3.63, 3.8) is 0 Å². The van der Waals surface area contributed by atoms with Crippen LogP contribution in [0.5, 0.6) is 0 Å². The highest BCUT2D eigenvalue weighted by molar-refractivity contribution is 9.09. The number of amides is 1. The third-order valence-electron chi connectivity index (χ3n) is 3.21. The van der Waals surface area contributed by atoms with Gasteiger partial charge < -0.3 is 4.90 Å². The predicted molar refractivity (Wildman–Crippen MR) is 78.6 cm³/mol. The van der Waals surface area contributed by atoms with E-state index in [2.05, 4.69) is 15.9 Å². The Morgan fingerprint density at radius 3 is 2.83 bits per heavy atom. The van der Waals surface area contributed by atoms with Crippen molar-refractivity contribution in [2.45, 2.75) is 25.3 Å². The van der Waals surface area contributed by atoms with E-state index < -0.39 is 0 Å². The van der Waals surface area contributed by atoms with Gasteiger partial charge in [0.15, 0.2) is 0 Å². The molecule has 0 radical (unpaired) electrons. The molecule has 18 heavy (non-hydrogen) atoms. The van der Waals surface area contributed by atoms with Crippen molar-refractivity contribution in [3.05, 3.63) is 33.8 Å². The molecule has 1 aromatic rings. The number of hydrogen-bond donors (Lipinski definition) is 0. The summed E-state index contributed by atoms with van der Waals surface area (Å²) in [7, 11) is 0. The average Bonchev–Trinajstić information content (AvgIpc) is 2.82. The fourth-order valence-electron chi connectivity index (χ4n) is 2.36. The van der Waals surface area contributed by atoms with Crippen LogP contribution in [0.1, 0.15) is 30.9 Å². The van der Waals surface area contributed by atoms with Gasteiger partial charge in [0.05, 0.1) is 16.1 Å². The lowest BCUT2D eigenvalue weighted by atomic mass is 10.0. The van der Waals surface area contributed by atoms with Crippen LogP contribution in [0.25, 0.3) is 0 Å². The van der Waals surface area contributed by atoms with Crippen LogP contribution in [0.3, 0.4) is 0 Å². The monoisotopic (exact) mass is 349 g/mol. The van der Waals surface area contributed by atoms with Crippen LogP contribution in [0.4, 0.5) is 0 Å². The Kier molecular flexibility index (Phi) is 4.93. The Bertz CT molecular complexity index is 453. The quantitative estimate of drug-likeness (QED) is 0.738. The van der Waals surface area contributed by atoms with Crippen molar-refractivity contribution in [1.29, 1.82) is 0 Å². The Morgan fingerprint density at radius 2 is 2.17 bits per heavy atom.